The molecule has 4 rings (SSSR count). The smallest absolute Gasteiger partial charge is 0.351 e. The number of aliphatic hydroxyl groups is 1. The standard InChI is InChI=1S/C22H24N4O9/c1-10(2)15(23)21(30)35-25-14-7-8-26(22(31)24-14)18-17-16(13(9-27)32-18)33-19(28)11-5-3-4-6-12(11)20(29)34-17/h3-8,10,13,15-18,27H,9,23H2,1-2H3,(H,24,25,31)/t13-,15-,16-,17-,18-/m1/s1. The molecule has 2 aliphatic heterocycles. The molecule has 0 unspecified atom stereocenters. The maximum atomic E-state index is 12.8. The predicted molar refractivity (Wildman–Crippen MR) is 117 cm³/mol. The van der Waals surface area contributed by atoms with E-state index >= 15 is 0 Å². The van der Waals surface area contributed by atoms with Crippen molar-refractivity contribution < 1.29 is 38.5 Å². The molecule has 4 N–H and O–H groups in total. The lowest BCUT2D eigenvalue weighted by molar-refractivity contribution is -0.143. The van der Waals surface area contributed by atoms with Crippen LogP contribution in [0.4, 0.5) is 5.82 Å². The normalized spacial score (nSPS) is 24.4. The molecule has 3 heterocycles. The topological polar surface area (TPSA) is 181 Å². The molecule has 2 aromatic rings. The lowest BCUT2D eigenvalue weighted by Crippen LogP contribution is -2.43. The highest BCUT2D eigenvalue weighted by molar-refractivity contribution is 6.03. The summed E-state index contributed by atoms with van der Waals surface area (Å²) in [5.74, 6) is -2.58. The van der Waals surface area contributed by atoms with Crippen LogP contribution in [-0.2, 0) is 23.8 Å². The van der Waals surface area contributed by atoms with Crippen molar-refractivity contribution in [3.05, 3.63) is 58.1 Å². The van der Waals surface area contributed by atoms with E-state index in [1.165, 1.54) is 24.4 Å². The number of hydrogen-bond acceptors (Lipinski definition) is 12. The first-order valence-electron chi connectivity index (χ1n) is 10.8. The van der Waals surface area contributed by atoms with Gasteiger partial charge in [0.2, 0.25) is 0 Å². The van der Waals surface area contributed by atoms with Gasteiger partial charge in [0.05, 0.1) is 17.7 Å². The summed E-state index contributed by atoms with van der Waals surface area (Å²) in [7, 11) is 0. The molecule has 0 saturated carbocycles. The number of ether oxygens (including phenoxy) is 3. The SMILES string of the molecule is CC(C)[C@@H](N)C(=O)ONc1ccn([C@@H]2O[C@H](CO)[C@H]3OC(=O)c4ccccc4C(=O)O[C@H]32)c(=O)n1. The van der Waals surface area contributed by atoms with E-state index < -0.39 is 60.8 Å². The molecule has 1 fully saturated rings. The predicted octanol–water partition coefficient (Wildman–Crippen LogP) is -0.249. The number of esters is 2. The summed E-state index contributed by atoms with van der Waals surface area (Å²) in [6.07, 6.45) is -3.51. The van der Waals surface area contributed by atoms with Crippen LogP contribution in [-0.4, -0.2) is 63.5 Å². The molecule has 1 saturated heterocycles. The van der Waals surface area contributed by atoms with Crippen LogP contribution in [0.2, 0.25) is 0 Å². The quantitative estimate of drug-likeness (QED) is 0.276. The van der Waals surface area contributed by atoms with E-state index in [0.29, 0.717) is 0 Å². The second-order valence-electron chi connectivity index (χ2n) is 8.33. The Labute approximate surface area is 198 Å². The Morgan fingerprint density at radius 3 is 2.34 bits per heavy atom. The van der Waals surface area contributed by atoms with Gasteiger partial charge in [-0.1, -0.05) is 26.0 Å². The zero-order chi connectivity index (χ0) is 25.3. The van der Waals surface area contributed by atoms with Gasteiger partial charge >= 0.3 is 23.6 Å². The minimum absolute atomic E-state index is 0.00594. The first-order valence-corrected chi connectivity index (χ1v) is 10.8. The second-order valence-corrected chi connectivity index (χ2v) is 8.33. The van der Waals surface area contributed by atoms with Crippen molar-refractivity contribution in [3.8, 4) is 0 Å². The molecule has 0 aliphatic carbocycles. The number of carbonyl (C=O) groups excluding carboxylic acids is 3. The summed E-state index contributed by atoms with van der Waals surface area (Å²) < 4.78 is 17.8. The Kier molecular flexibility index (Phi) is 6.82. The van der Waals surface area contributed by atoms with E-state index in [-0.39, 0.29) is 22.9 Å². The van der Waals surface area contributed by atoms with Crippen molar-refractivity contribution in [3.63, 3.8) is 0 Å². The number of rotatable bonds is 6. The van der Waals surface area contributed by atoms with E-state index in [9.17, 15) is 24.3 Å². The average Bonchev–Trinajstić information content (AvgIpc) is 3.17. The molecule has 1 aromatic carbocycles. The molecular formula is C22H24N4O9. The third kappa shape index (κ3) is 4.73. The van der Waals surface area contributed by atoms with Crippen molar-refractivity contribution >= 4 is 23.7 Å². The van der Waals surface area contributed by atoms with Crippen LogP contribution in [0.15, 0.2) is 41.3 Å². The molecule has 1 aromatic heterocycles. The molecular weight excluding hydrogens is 464 g/mol. The maximum Gasteiger partial charge on any atom is 0.351 e. The highest BCUT2D eigenvalue weighted by Gasteiger charge is 2.52. The summed E-state index contributed by atoms with van der Waals surface area (Å²) in [4.78, 5) is 58.7. The van der Waals surface area contributed by atoms with E-state index in [4.69, 9.17) is 24.8 Å². The summed E-state index contributed by atoms with van der Waals surface area (Å²) in [5.41, 5.74) is 7.13. The van der Waals surface area contributed by atoms with Gasteiger partial charge in [0.15, 0.2) is 24.3 Å². The zero-order valence-corrected chi connectivity index (χ0v) is 18.8. The number of anilines is 1. The Balaban J connectivity index is 1.58. The third-order valence-corrected chi connectivity index (χ3v) is 5.67. The van der Waals surface area contributed by atoms with E-state index in [0.717, 1.165) is 4.57 Å². The number of hydrogen-bond donors (Lipinski definition) is 3. The Bertz CT molecular complexity index is 1200. The molecule has 0 bridgehead atoms. The van der Waals surface area contributed by atoms with Crippen molar-refractivity contribution in [2.45, 2.75) is 44.4 Å². The number of fused-ring (bicyclic) bond motifs is 2. The van der Waals surface area contributed by atoms with Crippen LogP contribution in [0.3, 0.4) is 0 Å². The fourth-order valence-corrected chi connectivity index (χ4v) is 3.67. The molecule has 2 aliphatic rings. The van der Waals surface area contributed by atoms with Gasteiger partial charge in [-0.2, -0.15) is 4.98 Å². The maximum absolute atomic E-state index is 12.8. The van der Waals surface area contributed by atoms with Gasteiger partial charge in [0.25, 0.3) is 0 Å². The monoisotopic (exact) mass is 488 g/mol. The van der Waals surface area contributed by atoms with Crippen LogP contribution in [0.5, 0.6) is 0 Å². The average molecular weight is 488 g/mol. The lowest BCUT2D eigenvalue weighted by atomic mass is 10.0. The summed E-state index contributed by atoms with van der Waals surface area (Å²) in [6, 6.07) is 6.40. The van der Waals surface area contributed by atoms with Gasteiger partial charge in [-0.15, -0.1) is 0 Å². The fraction of sp³-hybridized carbons (Fsp3) is 0.409. The molecule has 13 nitrogen and oxygen atoms in total. The molecule has 13 heteroatoms. The van der Waals surface area contributed by atoms with E-state index in [1.807, 2.05) is 0 Å². The van der Waals surface area contributed by atoms with Gasteiger partial charge in [-0.3, -0.25) is 4.57 Å². The lowest BCUT2D eigenvalue weighted by Gasteiger charge is -2.27. The van der Waals surface area contributed by atoms with Crippen LogP contribution in [0.1, 0.15) is 40.8 Å². The number of benzene rings is 1. The molecule has 0 spiro atoms. The number of aliphatic hydroxyl groups excluding tert-OH is 1. The van der Waals surface area contributed by atoms with E-state index in [1.54, 1.807) is 26.0 Å². The first kappa shape index (κ1) is 24.3. The fourth-order valence-electron chi connectivity index (χ4n) is 3.67. The molecule has 5 atom stereocenters. The van der Waals surface area contributed by atoms with Crippen molar-refractivity contribution in [2.75, 3.05) is 12.1 Å². The minimum atomic E-state index is -1.26. The first-order chi connectivity index (χ1) is 16.7. The van der Waals surface area contributed by atoms with Crippen molar-refractivity contribution in [2.24, 2.45) is 11.7 Å². The van der Waals surface area contributed by atoms with Crippen LogP contribution in [0, 0.1) is 5.92 Å². The Morgan fingerprint density at radius 2 is 1.77 bits per heavy atom. The van der Waals surface area contributed by atoms with Gasteiger partial charge in [0.1, 0.15) is 12.1 Å². The van der Waals surface area contributed by atoms with Crippen molar-refractivity contribution in [1.82, 2.24) is 9.55 Å². The van der Waals surface area contributed by atoms with Gasteiger partial charge < -0.3 is 29.9 Å². The highest BCUT2D eigenvalue weighted by atomic mass is 16.7. The minimum Gasteiger partial charge on any atom is -0.452 e. The van der Waals surface area contributed by atoms with Crippen LogP contribution >= 0.6 is 0 Å². The summed E-state index contributed by atoms with van der Waals surface area (Å²) in [5, 5.41) is 9.77. The third-order valence-electron chi connectivity index (χ3n) is 5.67. The Morgan fingerprint density at radius 1 is 1.14 bits per heavy atom. The number of carbonyl (C=O) groups is 3. The highest BCUT2D eigenvalue weighted by Crippen LogP contribution is 2.35. The summed E-state index contributed by atoms with van der Waals surface area (Å²) >= 11 is 0. The van der Waals surface area contributed by atoms with Crippen LogP contribution < -0.4 is 16.9 Å². The molecule has 186 valence electrons. The van der Waals surface area contributed by atoms with Crippen LogP contribution in [0.25, 0.3) is 0 Å². The van der Waals surface area contributed by atoms with Gasteiger partial charge in [0, 0.05) is 12.3 Å². The van der Waals surface area contributed by atoms with Crippen molar-refractivity contribution in [1.29, 1.82) is 0 Å². The number of nitrogens with one attached hydrogen (secondary N) is 1. The largest absolute Gasteiger partial charge is 0.452 e. The van der Waals surface area contributed by atoms with E-state index in [2.05, 4.69) is 10.5 Å². The summed E-state index contributed by atoms with van der Waals surface area (Å²) in [6.45, 7) is 2.92. The number of nitrogens with zero attached hydrogens (tertiary/aromatic N) is 2. The van der Waals surface area contributed by atoms with Gasteiger partial charge in [-0.05, 0) is 18.1 Å². The molecule has 0 radical (unpaired) electrons. The molecule has 0 amide bonds. The second kappa shape index (κ2) is 9.82. The van der Waals surface area contributed by atoms with Gasteiger partial charge in [-0.25, -0.2) is 24.7 Å². The Hall–Kier alpha value is -3.81. The number of aromatic nitrogens is 2. The molecule has 35 heavy (non-hydrogen) atoms. The zero-order valence-electron chi connectivity index (χ0n) is 18.8. The number of nitrogens with two attached hydrogens (primary N) is 1.